The molecule has 2 rings (SSSR count). The third kappa shape index (κ3) is 2.56. The molecule has 0 radical (unpaired) electrons. The molecule has 1 aliphatic heterocycles. The van der Waals surface area contributed by atoms with Crippen molar-refractivity contribution in [3.05, 3.63) is 28.8 Å². The molecule has 110 valence electrons. The lowest BCUT2D eigenvalue weighted by Gasteiger charge is -2.36. The summed E-state index contributed by atoms with van der Waals surface area (Å²) in [4.78, 5) is 0. The summed E-state index contributed by atoms with van der Waals surface area (Å²) in [5.41, 5.74) is 4.60. The monoisotopic (exact) mass is 274 g/mol. The maximum Gasteiger partial charge on any atom is 0.130 e. The Morgan fingerprint density at radius 3 is 2.45 bits per heavy atom. The minimum Gasteiger partial charge on any atom is -0.490 e. The van der Waals surface area contributed by atoms with E-state index < -0.39 is 0 Å². The van der Waals surface area contributed by atoms with Crippen LogP contribution >= 0.6 is 0 Å². The molecule has 20 heavy (non-hydrogen) atoms. The van der Waals surface area contributed by atoms with Gasteiger partial charge in [0.25, 0.3) is 0 Å². The molecule has 0 bridgehead atoms. The number of rotatable bonds is 3. The zero-order valence-electron chi connectivity index (χ0n) is 13.6. The molecule has 0 atom stereocenters. The van der Waals surface area contributed by atoms with Gasteiger partial charge in [-0.25, -0.2) is 0 Å². The van der Waals surface area contributed by atoms with Crippen molar-refractivity contribution in [3.63, 3.8) is 0 Å². The Morgan fingerprint density at radius 2 is 1.90 bits per heavy atom. The normalized spacial score (nSPS) is 16.6. The van der Waals surface area contributed by atoms with E-state index in [0.29, 0.717) is 0 Å². The highest BCUT2D eigenvalue weighted by Gasteiger charge is 2.31. The summed E-state index contributed by atoms with van der Waals surface area (Å²) in [5.74, 6) is 2.00. The Bertz CT molecular complexity index is 539. The summed E-state index contributed by atoms with van der Waals surface area (Å²) in [6.07, 6.45) is 4.10. The molecule has 0 saturated carbocycles. The molecule has 0 amide bonds. The Morgan fingerprint density at radius 1 is 1.25 bits per heavy atom. The quantitative estimate of drug-likeness (QED) is 0.785. The predicted octanol–water partition coefficient (Wildman–Crippen LogP) is 4.84. The first-order valence-electron chi connectivity index (χ1n) is 7.41. The van der Waals surface area contributed by atoms with Gasteiger partial charge in [-0.05, 0) is 65.5 Å². The van der Waals surface area contributed by atoms with Crippen LogP contribution in [-0.2, 0) is 6.42 Å². The van der Waals surface area contributed by atoms with Gasteiger partial charge in [-0.2, -0.15) is 0 Å². The number of fused-ring (bicyclic) bond motifs is 1. The van der Waals surface area contributed by atoms with Crippen LogP contribution in [0.2, 0.25) is 0 Å². The van der Waals surface area contributed by atoms with Crippen molar-refractivity contribution in [1.82, 2.24) is 0 Å². The molecule has 0 fully saturated rings. The highest BCUT2D eigenvalue weighted by molar-refractivity contribution is 5.69. The van der Waals surface area contributed by atoms with Crippen LogP contribution in [-0.4, -0.2) is 11.7 Å². The Labute approximate surface area is 122 Å². The molecule has 0 spiro atoms. The third-order valence-electron chi connectivity index (χ3n) is 4.00. The van der Waals surface area contributed by atoms with Gasteiger partial charge in [-0.3, -0.25) is 0 Å². The van der Waals surface area contributed by atoms with Crippen LogP contribution in [0.25, 0.3) is 6.08 Å². The first-order valence-corrected chi connectivity index (χ1v) is 7.41. The lowest BCUT2D eigenvalue weighted by Crippen LogP contribution is -2.33. The van der Waals surface area contributed by atoms with E-state index in [1.807, 2.05) is 6.08 Å². The maximum absolute atomic E-state index is 6.23. The molecule has 1 aliphatic rings. The van der Waals surface area contributed by atoms with Gasteiger partial charge in [0, 0.05) is 11.1 Å². The van der Waals surface area contributed by atoms with E-state index in [2.05, 4.69) is 48.1 Å². The molecule has 0 saturated heterocycles. The lowest BCUT2D eigenvalue weighted by molar-refractivity contribution is 0.0831. The van der Waals surface area contributed by atoms with Gasteiger partial charge in [-0.1, -0.05) is 12.7 Å². The Balaban J connectivity index is 2.65. The average Bonchev–Trinajstić information content (AvgIpc) is 2.35. The van der Waals surface area contributed by atoms with Crippen molar-refractivity contribution in [1.29, 1.82) is 0 Å². The van der Waals surface area contributed by atoms with Crippen molar-refractivity contribution >= 4 is 6.08 Å². The lowest BCUT2D eigenvalue weighted by atomic mass is 9.87. The van der Waals surface area contributed by atoms with Gasteiger partial charge in [0.05, 0.1) is 6.10 Å². The van der Waals surface area contributed by atoms with Crippen LogP contribution in [0.3, 0.4) is 0 Å². The second-order valence-corrected chi connectivity index (χ2v) is 6.53. The molecule has 2 heteroatoms. The van der Waals surface area contributed by atoms with Gasteiger partial charge in [0.2, 0.25) is 0 Å². The Kier molecular flexibility index (Phi) is 3.86. The summed E-state index contributed by atoms with van der Waals surface area (Å²) in [7, 11) is 0. The van der Waals surface area contributed by atoms with Crippen LogP contribution in [0.5, 0.6) is 11.5 Å². The van der Waals surface area contributed by atoms with Crippen molar-refractivity contribution in [2.75, 3.05) is 0 Å². The number of hydrogen-bond acceptors (Lipinski definition) is 2. The number of ether oxygens (including phenoxy) is 2. The SMILES string of the molecule is C=Cc1c2c(c(C)c(C)c1OC(C)C)OC(C)(C)CC2. The first kappa shape index (κ1) is 15.0. The second kappa shape index (κ2) is 5.16. The summed E-state index contributed by atoms with van der Waals surface area (Å²) >= 11 is 0. The minimum absolute atomic E-state index is 0.0942. The number of benzene rings is 1. The molecular weight excluding hydrogens is 248 g/mol. The third-order valence-corrected chi connectivity index (χ3v) is 4.00. The van der Waals surface area contributed by atoms with Crippen LogP contribution in [0, 0.1) is 13.8 Å². The molecule has 1 aromatic rings. The van der Waals surface area contributed by atoms with E-state index in [-0.39, 0.29) is 11.7 Å². The summed E-state index contributed by atoms with van der Waals surface area (Å²) in [5, 5.41) is 0. The van der Waals surface area contributed by atoms with E-state index >= 15 is 0 Å². The standard InChI is InChI=1S/C18H26O2/c1-8-14-15-9-10-18(6,7)20-17(15)13(5)12(4)16(14)19-11(2)3/h8,11H,1,9-10H2,2-7H3. The molecule has 0 N–H and O–H groups in total. The van der Waals surface area contributed by atoms with Gasteiger partial charge in [0.1, 0.15) is 17.1 Å². The predicted molar refractivity (Wildman–Crippen MR) is 84.8 cm³/mol. The highest BCUT2D eigenvalue weighted by Crippen LogP contribution is 2.44. The van der Waals surface area contributed by atoms with Gasteiger partial charge < -0.3 is 9.47 Å². The largest absolute Gasteiger partial charge is 0.490 e. The van der Waals surface area contributed by atoms with E-state index in [1.54, 1.807) is 0 Å². The van der Waals surface area contributed by atoms with Crippen LogP contribution in [0.1, 0.15) is 56.4 Å². The zero-order chi connectivity index (χ0) is 15.1. The summed E-state index contributed by atoms with van der Waals surface area (Å²) < 4.78 is 12.3. The zero-order valence-corrected chi connectivity index (χ0v) is 13.6. The summed E-state index contributed by atoms with van der Waals surface area (Å²) in [6, 6.07) is 0. The highest BCUT2D eigenvalue weighted by atomic mass is 16.5. The van der Waals surface area contributed by atoms with Crippen LogP contribution in [0.4, 0.5) is 0 Å². The summed E-state index contributed by atoms with van der Waals surface area (Å²) in [6.45, 7) is 16.6. The van der Waals surface area contributed by atoms with E-state index in [9.17, 15) is 0 Å². The maximum atomic E-state index is 6.23. The minimum atomic E-state index is -0.0942. The molecule has 0 aliphatic carbocycles. The van der Waals surface area contributed by atoms with Gasteiger partial charge in [0.15, 0.2) is 0 Å². The smallest absolute Gasteiger partial charge is 0.130 e. The van der Waals surface area contributed by atoms with E-state index in [4.69, 9.17) is 9.47 Å². The fourth-order valence-corrected chi connectivity index (χ4v) is 2.77. The number of hydrogen-bond donors (Lipinski definition) is 0. The van der Waals surface area contributed by atoms with E-state index in [0.717, 1.165) is 35.5 Å². The van der Waals surface area contributed by atoms with Crippen LogP contribution in [0.15, 0.2) is 6.58 Å². The molecule has 2 nitrogen and oxygen atoms in total. The average molecular weight is 274 g/mol. The molecular formula is C18H26O2. The fourth-order valence-electron chi connectivity index (χ4n) is 2.77. The first-order chi connectivity index (χ1) is 9.26. The molecule has 0 aromatic heterocycles. The Hall–Kier alpha value is -1.44. The van der Waals surface area contributed by atoms with Crippen molar-refractivity contribution in [2.45, 2.75) is 66.1 Å². The fraction of sp³-hybridized carbons (Fsp3) is 0.556. The molecule has 0 unspecified atom stereocenters. The molecule has 1 aromatic carbocycles. The topological polar surface area (TPSA) is 18.5 Å². The van der Waals surface area contributed by atoms with Gasteiger partial charge in [-0.15, -0.1) is 0 Å². The van der Waals surface area contributed by atoms with Gasteiger partial charge >= 0.3 is 0 Å². The molecule has 1 heterocycles. The second-order valence-electron chi connectivity index (χ2n) is 6.53. The van der Waals surface area contributed by atoms with E-state index in [1.165, 1.54) is 11.1 Å². The van der Waals surface area contributed by atoms with Crippen molar-refractivity contribution in [2.24, 2.45) is 0 Å². The van der Waals surface area contributed by atoms with Crippen molar-refractivity contribution in [3.8, 4) is 11.5 Å². The van der Waals surface area contributed by atoms with Crippen LogP contribution < -0.4 is 9.47 Å². The van der Waals surface area contributed by atoms with Crippen molar-refractivity contribution < 1.29 is 9.47 Å².